The van der Waals surface area contributed by atoms with Crippen molar-refractivity contribution in [1.29, 1.82) is 5.41 Å². The molecule has 13 nitrogen and oxygen atoms in total. The van der Waals surface area contributed by atoms with E-state index < -0.39 is 12.7 Å². The van der Waals surface area contributed by atoms with Crippen LogP contribution in [0.1, 0.15) is 28.8 Å². The number of imidazole rings is 1. The number of carbonyl (C=O) groups excluding carboxylic acids is 2. The van der Waals surface area contributed by atoms with E-state index in [1.807, 2.05) is 17.4 Å². The summed E-state index contributed by atoms with van der Waals surface area (Å²) in [6.07, 6.45) is 6.14. The van der Waals surface area contributed by atoms with Gasteiger partial charge in [0, 0.05) is 61.9 Å². The molecule has 0 radical (unpaired) electrons. The van der Waals surface area contributed by atoms with Gasteiger partial charge in [0.25, 0.3) is 5.91 Å². The number of nitrogens with zero attached hydrogens (tertiary/aromatic N) is 5. The average molecular weight is 635 g/mol. The van der Waals surface area contributed by atoms with Gasteiger partial charge in [0.15, 0.2) is 17.4 Å². The molecule has 1 unspecified atom stereocenters. The molecular formula is C31H36F2N10O3. The lowest BCUT2D eigenvalue weighted by Gasteiger charge is -2.36. The van der Waals surface area contributed by atoms with Crippen molar-refractivity contribution < 1.29 is 23.1 Å². The smallest absolute Gasteiger partial charge is 0.387 e. The molecule has 0 spiro atoms. The first-order valence-electron chi connectivity index (χ1n) is 14.8. The summed E-state index contributed by atoms with van der Waals surface area (Å²) in [5.41, 5.74) is 15.5. The number of rotatable bonds is 11. The zero-order valence-electron chi connectivity index (χ0n) is 25.2. The van der Waals surface area contributed by atoms with E-state index in [0.29, 0.717) is 62.6 Å². The molecule has 1 aliphatic rings. The third-order valence-electron chi connectivity index (χ3n) is 7.73. The maximum absolute atomic E-state index is 13.4. The number of piperazine rings is 1. The summed E-state index contributed by atoms with van der Waals surface area (Å²) in [6, 6.07) is 11.1. The molecule has 3 heterocycles. The average Bonchev–Trinajstić information content (AvgIpc) is 3.48. The van der Waals surface area contributed by atoms with Crippen molar-refractivity contribution >= 4 is 34.9 Å². The van der Waals surface area contributed by atoms with Crippen molar-refractivity contribution in [2.45, 2.75) is 32.4 Å². The summed E-state index contributed by atoms with van der Waals surface area (Å²) < 4.78 is 31.3. The Morgan fingerprint density at radius 2 is 1.78 bits per heavy atom. The molecule has 1 atom stereocenters. The molecule has 15 heteroatoms. The third kappa shape index (κ3) is 7.48. The van der Waals surface area contributed by atoms with Crippen molar-refractivity contribution in [2.24, 2.45) is 11.5 Å². The van der Waals surface area contributed by atoms with Gasteiger partial charge in [0.1, 0.15) is 5.75 Å². The van der Waals surface area contributed by atoms with Gasteiger partial charge in [0.2, 0.25) is 5.91 Å². The molecular weight excluding hydrogens is 598 g/mol. The molecule has 7 N–H and O–H groups in total. The van der Waals surface area contributed by atoms with Crippen LogP contribution in [-0.2, 0) is 4.79 Å². The van der Waals surface area contributed by atoms with Gasteiger partial charge in [-0.3, -0.25) is 19.4 Å². The molecule has 242 valence electrons. The van der Waals surface area contributed by atoms with Crippen LogP contribution in [0, 0.1) is 12.3 Å². The van der Waals surface area contributed by atoms with Gasteiger partial charge >= 0.3 is 6.61 Å². The van der Waals surface area contributed by atoms with Crippen molar-refractivity contribution in [1.82, 2.24) is 29.5 Å². The monoisotopic (exact) mass is 634 g/mol. The number of aromatic nitrogens is 3. The fourth-order valence-electron chi connectivity index (χ4n) is 5.35. The maximum atomic E-state index is 13.4. The summed E-state index contributed by atoms with van der Waals surface area (Å²) in [5.74, 6) is 0.192. The highest BCUT2D eigenvalue weighted by atomic mass is 19.3. The maximum Gasteiger partial charge on any atom is 0.387 e. The zero-order valence-corrected chi connectivity index (χ0v) is 25.2. The number of nitrogens with two attached hydrogens (primary N) is 2. The number of alkyl halides is 2. The van der Waals surface area contributed by atoms with Crippen molar-refractivity contribution in [3.8, 4) is 17.0 Å². The fourth-order valence-corrected chi connectivity index (χ4v) is 5.35. The van der Waals surface area contributed by atoms with E-state index in [9.17, 15) is 18.4 Å². The van der Waals surface area contributed by atoms with Gasteiger partial charge in [-0.1, -0.05) is 0 Å². The van der Waals surface area contributed by atoms with Gasteiger partial charge in [0.05, 0.1) is 17.9 Å². The number of carbonyl (C=O) groups is 2. The van der Waals surface area contributed by atoms with Crippen molar-refractivity contribution in [3.63, 3.8) is 0 Å². The van der Waals surface area contributed by atoms with Crippen LogP contribution in [0.4, 0.5) is 20.3 Å². The Morgan fingerprint density at radius 3 is 2.46 bits per heavy atom. The number of amides is 2. The third-order valence-corrected chi connectivity index (χ3v) is 7.73. The van der Waals surface area contributed by atoms with Crippen LogP contribution in [0.3, 0.4) is 0 Å². The first-order chi connectivity index (χ1) is 22.1. The molecule has 1 fully saturated rings. The lowest BCUT2D eigenvalue weighted by molar-refractivity contribution is -0.134. The minimum atomic E-state index is -2.89. The number of benzene rings is 2. The van der Waals surface area contributed by atoms with E-state index in [1.165, 1.54) is 12.1 Å². The second-order valence-electron chi connectivity index (χ2n) is 10.9. The normalized spacial score (nSPS) is 13.9. The van der Waals surface area contributed by atoms with Gasteiger partial charge in [-0.25, -0.2) is 9.97 Å². The number of guanidine groups is 1. The number of nitrogens with one attached hydrogen (secondary N) is 3. The number of fused-ring (bicyclic) bond motifs is 1. The van der Waals surface area contributed by atoms with Crippen LogP contribution < -0.4 is 26.8 Å². The minimum absolute atomic E-state index is 0.0683. The summed E-state index contributed by atoms with van der Waals surface area (Å²) in [7, 11) is 0. The van der Waals surface area contributed by atoms with Crippen LogP contribution in [0.5, 0.6) is 5.75 Å². The topological polar surface area (TPSA) is 180 Å². The molecule has 0 saturated carbocycles. The van der Waals surface area contributed by atoms with Crippen LogP contribution in [0.15, 0.2) is 61.1 Å². The molecule has 4 aromatic rings. The Labute approximate surface area is 264 Å². The fraction of sp³-hybridized carbons (Fsp3) is 0.323. The number of hydrogen-bond acceptors (Lipinski definition) is 8. The van der Waals surface area contributed by atoms with Crippen molar-refractivity contribution in [2.75, 3.05) is 38.0 Å². The molecule has 0 aliphatic carbocycles. The molecule has 2 amide bonds. The summed E-state index contributed by atoms with van der Waals surface area (Å²) in [6.45, 7) is 1.05. The second kappa shape index (κ2) is 14.2. The zero-order chi connectivity index (χ0) is 32.8. The Balaban J connectivity index is 1.20. The standard InChI is InChI=1S/C31H36F2N10O3/c1-19-17-21(40-26-27-39-18-25(43(27)12-11-37-26)20-4-7-22(8-5-20)46-30(32)33)6-9-23(19)28(44)41-13-15-42(16-14-41)29(45)24(34)3-2-10-38-31(35)36/h4-9,11-12,17-18,24,30H,2-3,10,13-16,34H2,1H3,(H,37,40)(H4,35,36,38). The van der Waals surface area contributed by atoms with Gasteiger partial charge in [-0.05, 0) is 67.8 Å². The summed E-state index contributed by atoms with van der Waals surface area (Å²) in [4.78, 5) is 38.6. The van der Waals surface area contributed by atoms with Crippen LogP contribution in [0.25, 0.3) is 16.9 Å². The lowest BCUT2D eigenvalue weighted by Crippen LogP contribution is -2.54. The number of hydrogen-bond donors (Lipinski definition) is 5. The highest BCUT2D eigenvalue weighted by Gasteiger charge is 2.28. The second-order valence-corrected chi connectivity index (χ2v) is 10.9. The Hall–Kier alpha value is -5.31. The molecule has 46 heavy (non-hydrogen) atoms. The minimum Gasteiger partial charge on any atom is -0.435 e. The largest absolute Gasteiger partial charge is 0.435 e. The van der Waals surface area contributed by atoms with Crippen LogP contribution in [-0.4, -0.2) is 87.3 Å². The number of aryl methyl sites for hydroxylation is 1. The Bertz CT molecular complexity index is 1700. The van der Waals surface area contributed by atoms with E-state index in [-0.39, 0.29) is 23.5 Å². The molecule has 5 rings (SSSR count). The molecule has 1 saturated heterocycles. The van der Waals surface area contributed by atoms with Crippen molar-refractivity contribution in [3.05, 3.63) is 72.2 Å². The first kappa shape index (κ1) is 32.1. The Morgan fingerprint density at radius 1 is 1.07 bits per heavy atom. The summed E-state index contributed by atoms with van der Waals surface area (Å²) in [5, 5.41) is 13.2. The highest BCUT2D eigenvalue weighted by molar-refractivity contribution is 5.96. The first-order valence-corrected chi connectivity index (χ1v) is 14.8. The lowest BCUT2D eigenvalue weighted by atomic mass is 10.1. The van der Waals surface area contributed by atoms with Gasteiger partial charge < -0.3 is 36.6 Å². The highest BCUT2D eigenvalue weighted by Crippen LogP contribution is 2.28. The van der Waals surface area contributed by atoms with E-state index in [4.69, 9.17) is 16.9 Å². The molecule has 1 aliphatic heterocycles. The van der Waals surface area contributed by atoms with Crippen LogP contribution in [0.2, 0.25) is 0 Å². The molecule has 0 bridgehead atoms. The predicted molar refractivity (Wildman–Crippen MR) is 169 cm³/mol. The van der Waals surface area contributed by atoms with Gasteiger partial charge in [-0.2, -0.15) is 8.78 Å². The quantitative estimate of drug-likeness (QED) is 0.0942. The number of ether oxygens (including phenoxy) is 1. The summed E-state index contributed by atoms with van der Waals surface area (Å²) >= 11 is 0. The van der Waals surface area contributed by atoms with E-state index in [2.05, 4.69) is 25.3 Å². The number of anilines is 2. The van der Waals surface area contributed by atoms with E-state index in [0.717, 1.165) is 22.5 Å². The SMILES string of the molecule is Cc1cc(Nc2nccn3c(-c4ccc(OC(F)F)cc4)cnc23)ccc1C(=O)N1CCN(C(=O)C(N)CCCNC(=N)N)CC1. The van der Waals surface area contributed by atoms with E-state index >= 15 is 0 Å². The Kier molecular flexibility index (Phi) is 9.91. The van der Waals surface area contributed by atoms with Crippen LogP contribution >= 0.6 is 0 Å². The van der Waals surface area contributed by atoms with Gasteiger partial charge in [-0.15, -0.1) is 0 Å². The van der Waals surface area contributed by atoms with E-state index in [1.54, 1.807) is 52.7 Å². The molecule has 2 aromatic carbocycles. The molecule has 2 aromatic heterocycles. The number of halogens is 2. The predicted octanol–water partition coefficient (Wildman–Crippen LogP) is 2.92.